The normalized spacial score (nSPS) is 20.9. The number of rotatable bonds is 4. The number of hydrogen-bond acceptors (Lipinski definition) is 2. The summed E-state index contributed by atoms with van der Waals surface area (Å²) in [7, 11) is 0. The Balaban J connectivity index is 1.85. The Kier molecular flexibility index (Phi) is 2.90. The lowest BCUT2D eigenvalue weighted by molar-refractivity contribution is -0.127. The Labute approximate surface area is 89.4 Å². The van der Waals surface area contributed by atoms with Crippen LogP contribution in [0, 0.1) is 5.92 Å². The molecule has 1 aliphatic heterocycles. The summed E-state index contributed by atoms with van der Waals surface area (Å²) in [6.45, 7) is 5.28. The number of amides is 1. The van der Waals surface area contributed by atoms with Crippen molar-refractivity contribution in [2.45, 2.75) is 12.8 Å². The average molecular weight is 205 g/mol. The van der Waals surface area contributed by atoms with Crippen LogP contribution in [0.3, 0.4) is 0 Å². The lowest BCUT2D eigenvalue weighted by Gasteiger charge is -2.14. The zero-order chi connectivity index (χ0) is 10.7. The van der Waals surface area contributed by atoms with E-state index < -0.39 is 0 Å². The molecule has 0 bridgehead atoms. The summed E-state index contributed by atoms with van der Waals surface area (Å²) in [5.41, 5.74) is 0. The first kappa shape index (κ1) is 10.0. The van der Waals surface area contributed by atoms with Gasteiger partial charge in [-0.3, -0.25) is 4.79 Å². The molecule has 1 atom stereocenters. The Morgan fingerprint density at radius 3 is 3.13 bits per heavy atom. The van der Waals surface area contributed by atoms with Crippen molar-refractivity contribution >= 4 is 5.91 Å². The first-order valence-electron chi connectivity index (χ1n) is 5.22. The predicted octanol–water partition coefficient (Wildman–Crippen LogP) is 1.86. The minimum Gasteiger partial charge on any atom is -0.469 e. The van der Waals surface area contributed by atoms with Crippen LogP contribution in [0.4, 0.5) is 0 Å². The van der Waals surface area contributed by atoms with Gasteiger partial charge in [0.05, 0.1) is 6.26 Å². The van der Waals surface area contributed by atoms with Gasteiger partial charge >= 0.3 is 0 Å². The first-order chi connectivity index (χ1) is 7.29. The maximum absolute atomic E-state index is 11.6. The van der Waals surface area contributed by atoms with Crippen molar-refractivity contribution in [2.24, 2.45) is 5.92 Å². The van der Waals surface area contributed by atoms with Crippen LogP contribution in [0.25, 0.3) is 0 Å². The zero-order valence-corrected chi connectivity index (χ0v) is 8.69. The van der Waals surface area contributed by atoms with Crippen LogP contribution in [-0.4, -0.2) is 23.9 Å². The highest BCUT2D eigenvalue weighted by atomic mass is 16.3. The van der Waals surface area contributed by atoms with E-state index in [0.29, 0.717) is 12.3 Å². The zero-order valence-electron chi connectivity index (χ0n) is 8.69. The third-order valence-corrected chi connectivity index (χ3v) is 2.79. The van der Waals surface area contributed by atoms with Gasteiger partial charge in [-0.1, -0.05) is 6.08 Å². The maximum Gasteiger partial charge on any atom is 0.223 e. The van der Waals surface area contributed by atoms with E-state index in [1.807, 2.05) is 23.1 Å². The number of nitrogens with zero attached hydrogens (tertiary/aromatic N) is 1. The molecule has 0 spiro atoms. The van der Waals surface area contributed by atoms with Crippen LogP contribution in [-0.2, 0) is 11.2 Å². The van der Waals surface area contributed by atoms with E-state index in [4.69, 9.17) is 4.42 Å². The molecular formula is C12H15NO2. The van der Waals surface area contributed by atoms with Crippen LogP contribution in [0.5, 0.6) is 0 Å². The highest BCUT2D eigenvalue weighted by Crippen LogP contribution is 2.18. The standard InChI is InChI=1S/C12H15NO2/c1-2-10-8-12(14)13(9-10)6-5-11-4-3-7-15-11/h2-4,7,10H,1,5-6,8-9H2. The molecule has 0 radical (unpaired) electrons. The summed E-state index contributed by atoms with van der Waals surface area (Å²) in [5.74, 6) is 1.49. The SMILES string of the molecule is C=CC1CC(=O)N(CCc2ccco2)C1. The van der Waals surface area contributed by atoms with Gasteiger partial charge < -0.3 is 9.32 Å². The minimum atomic E-state index is 0.228. The van der Waals surface area contributed by atoms with Crippen LogP contribution >= 0.6 is 0 Å². The fourth-order valence-electron chi connectivity index (χ4n) is 1.88. The molecule has 3 nitrogen and oxygen atoms in total. The van der Waals surface area contributed by atoms with Gasteiger partial charge in [0.2, 0.25) is 5.91 Å². The maximum atomic E-state index is 11.6. The van der Waals surface area contributed by atoms with E-state index in [2.05, 4.69) is 6.58 Å². The molecule has 1 aromatic heterocycles. The van der Waals surface area contributed by atoms with Gasteiger partial charge in [-0.25, -0.2) is 0 Å². The highest BCUT2D eigenvalue weighted by Gasteiger charge is 2.26. The first-order valence-corrected chi connectivity index (χ1v) is 5.22. The fraction of sp³-hybridized carbons (Fsp3) is 0.417. The molecule has 0 aromatic carbocycles. The molecule has 2 heterocycles. The third-order valence-electron chi connectivity index (χ3n) is 2.79. The highest BCUT2D eigenvalue weighted by molar-refractivity contribution is 5.78. The van der Waals surface area contributed by atoms with Gasteiger partial charge in [0.1, 0.15) is 5.76 Å². The molecule has 1 amide bonds. The number of hydrogen-bond donors (Lipinski definition) is 0. The monoisotopic (exact) mass is 205 g/mol. The van der Waals surface area contributed by atoms with Crippen LogP contribution in [0.1, 0.15) is 12.2 Å². The van der Waals surface area contributed by atoms with Crippen molar-refractivity contribution in [2.75, 3.05) is 13.1 Å². The Morgan fingerprint density at radius 1 is 1.67 bits per heavy atom. The number of carbonyl (C=O) groups excluding carboxylic acids is 1. The van der Waals surface area contributed by atoms with Crippen molar-refractivity contribution in [3.63, 3.8) is 0 Å². The quantitative estimate of drug-likeness (QED) is 0.703. The van der Waals surface area contributed by atoms with Gasteiger partial charge in [0, 0.05) is 31.8 Å². The minimum absolute atomic E-state index is 0.228. The molecule has 1 aliphatic rings. The molecule has 1 fully saturated rings. The third kappa shape index (κ3) is 2.29. The molecule has 2 rings (SSSR count). The molecule has 0 saturated carbocycles. The molecule has 3 heteroatoms. The van der Waals surface area contributed by atoms with Gasteiger partial charge in [0.25, 0.3) is 0 Å². The topological polar surface area (TPSA) is 33.5 Å². The van der Waals surface area contributed by atoms with Crippen LogP contribution in [0.15, 0.2) is 35.5 Å². The number of furan rings is 1. The number of likely N-dealkylation sites (tertiary alicyclic amines) is 1. The second-order valence-electron chi connectivity index (χ2n) is 3.87. The lowest BCUT2D eigenvalue weighted by atomic mass is 10.1. The summed E-state index contributed by atoms with van der Waals surface area (Å²) in [5, 5.41) is 0. The summed E-state index contributed by atoms with van der Waals surface area (Å²) < 4.78 is 5.22. The second-order valence-corrected chi connectivity index (χ2v) is 3.87. The smallest absolute Gasteiger partial charge is 0.223 e. The van der Waals surface area contributed by atoms with Crippen molar-refractivity contribution in [1.82, 2.24) is 4.90 Å². The summed E-state index contributed by atoms with van der Waals surface area (Å²) >= 11 is 0. The number of carbonyl (C=O) groups is 1. The molecule has 1 unspecified atom stereocenters. The van der Waals surface area contributed by atoms with Crippen LogP contribution in [0.2, 0.25) is 0 Å². The molecule has 80 valence electrons. The van der Waals surface area contributed by atoms with E-state index in [9.17, 15) is 4.79 Å². The molecule has 15 heavy (non-hydrogen) atoms. The lowest BCUT2D eigenvalue weighted by Crippen LogP contribution is -2.27. The van der Waals surface area contributed by atoms with E-state index in [1.165, 1.54) is 0 Å². The average Bonchev–Trinajstić information content (AvgIpc) is 2.84. The Hall–Kier alpha value is -1.51. The second kappa shape index (κ2) is 4.34. The summed E-state index contributed by atoms with van der Waals surface area (Å²) in [6.07, 6.45) is 4.93. The van der Waals surface area contributed by atoms with Crippen molar-refractivity contribution in [3.05, 3.63) is 36.8 Å². The molecular weight excluding hydrogens is 190 g/mol. The van der Waals surface area contributed by atoms with Gasteiger partial charge in [-0.15, -0.1) is 6.58 Å². The molecule has 1 aromatic rings. The fourth-order valence-corrected chi connectivity index (χ4v) is 1.88. The summed E-state index contributed by atoms with van der Waals surface area (Å²) in [4.78, 5) is 13.4. The van der Waals surface area contributed by atoms with Crippen molar-refractivity contribution in [3.8, 4) is 0 Å². The predicted molar refractivity (Wildman–Crippen MR) is 57.3 cm³/mol. The Morgan fingerprint density at radius 2 is 2.53 bits per heavy atom. The molecule has 0 aliphatic carbocycles. The van der Waals surface area contributed by atoms with E-state index in [-0.39, 0.29) is 5.91 Å². The van der Waals surface area contributed by atoms with Crippen molar-refractivity contribution < 1.29 is 9.21 Å². The molecule has 1 saturated heterocycles. The van der Waals surface area contributed by atoms with E-state index in [1.54, 1.807) is 6.26 Å². The summed E-state index contributed by atoms with van der Waals surface area (Å²) in [6, 6.07) is 3.80. The molecule has 0 N–H and O–H groups in total. The van der Waals surface area contributed by atoms with E-state index in [0.717, 1.165) is 25.3 Å². The van der Waals surface area contributed by atoms with Gasteiger partial charge in [-0.2, -0.15) is 0 Å². The van der Waals surface area contributed by atoms with Gasteiger partial charge in [0.15, 0.2) is 0 Å². The van der Waals surface area contributed by atoms with Crippen molar-refractivity contribution in [1.29, 1.82) is 0 Å². The Bertz CT molecular complexity index is 343. The van der Waals surface area contributed by atoms with Gasteiger partial charge in [-0.05, 0) is 12.1 Å². The van der Waals surface area contributed by atoms with E-state index >= 15 is 0 Å². The van der Waals surface area contributed by atoms with Crippen LogP contribution < -0.4 is 0 Å². The largest absolute Gasteiger partial charge is 0.469 e.